The lowest BCUT2D eigenvalue weighted by Crippen LogP contribution is -2.09. The maximum Gasteiger partial charge on any atom is 0.196 e. The number of para-hydroxylation sites is 1. The van der Waals surface area contributed by atoms with E-state index in [1.165, 1.54) is 28.5 Å². The van der Waals surface area contributed by atoms with Crippen molar-refractivity contribution in [2.75, 3.05) is 5.75 Å². The van der Waals surface area contributed by atoms with Gasteiger partial charge in [-0.05, 0) is 48.1 Å². The second-order valence-corrected chi connectivity index (χ2v) is 9.12. The predicted molar refractivity (Wildman–Crippen MR) is 139 cm³/mol. The van der Waals surface area contributed by atoms with Gasteiger partial charge in [0.1, 0.15) is 0 Å². The number of hydrogen-bond donors (Lipinski definition) is 0. The lowest BCUT2D eigenvalue weighted by atomic mass is 10.0. The second kappa shape index (κ2) is 11.3. The number of ketones is 1. The van der Waals surface area contributed by atoms with Gasteiger partial charge in [0, 0.05) is 23.5 Å². The molecule has 0 saturated heterocycles. The zero-order chi connectivity index (χ0) is 23.9. The van der Waals surface area contributed by atoms with Crippen molar-refractivity contribution in [3.8, 4) is 17.1 Å². The Morgan fingerprint density at radius 2 is 1.65 bits per heavy atom. The molecule has 0 radical (unpaired) electrons. The zero-order valence-electron chi connectivity index (χ0n) is 20.0. The molecule has 0 saturated carbocycles. The third-order valence-corrected chi connectivity index (χ3v) is 6.82. The monoisotopic (exact) mass is 470 g/mol. The Bertz CT molecular complexity index is 1230. The molecule has 0 aliphatic carbocycles. The minimum atomic E-state index is 0.0880. The highest BCUT2D eigenvalue weighted by molar-refractivity contribution is 7.99. The highest BCUT2D eigenvalue weighted by Gasteiger charge is 2.21. The third kappa shape index (κ3) is 5.12. The minimum Gasteiger partial charge on any atom is -0.293 e. The van der Waals surface area contributed by atoms with Crippen molar-refractivity contribution in [1.29, 1.82) is 0 Å². The summed E-state index contributed by atoms with van der Waals surface area (Å²) in [5, 5.41) is 9.77. The molecule has 2 aromatic carbocycles. The Balaban J connectivity index is 1.70. The molecule has 6 heteroatoms. The van der Waals surface area contributed by atoms with Gasteiger partial charge in [-0.25, -0.2) is 0 Å². The summed E-state index contributed by atoms with van der Waals surface area (Å²) in [6, 6.07) is 18.3. The molecule has 0 atom stereocenters. The quantitative estimate of drug-likeness (QED) is 0.199. The van der Waals surface area contributed by atoms with E-state index in [2.05, 4.69) is 70.9 Å². The van der Waals surface area contributed by atoms with E-state index in [0.29, 0.717) is 10.9 Å². The summed E-state index contributed by atoms with van der Waals surface area (Å²) in [6.07, 6.45) is 7.46. The van der Waals surface area contributed by atoms with Crippen LogP contribution < -0.4 is 0 Å². The summed E-state index contributed by atoms with van der Waals surface area (Å²) in [7, 11) is 0. The van der Waals surface area contributed by atoms with Gasteiger partial charge in [-0.3, -0.25) is 14.3 Å². The largest absolute Gasteiger partial charge is 0.293 e. The summed E-state index contributed by atoms with van der Waals surface area (Å²) in [4.78, 5) is 17.3. The first-order valence-electron chi connectivity index (χ1n) is 11.9. The molecule has 0 fully saturated rings. The fourth-order valence-electron chi connectivity index (χ4n) is 4.11. The van der Waals surface area contributed by atoms with E-state index in [4.69, 9.17) is 0 Å². The van der Waals surface area contributed by atoms with E-state index >= 15 is 0 Å². The fraction of sp³-hybridized carbons (Fsp3) is 0.286. The van der Waals surface area contributed by atoms with Crippen molar-refractivity contribution in [1.82, 2.24) is 19.7 Å². The van der Waals surface area contributed by atoms with Gasteiger partial charge in [0.2, 0.25) is 0 Å². The highest BCUT2D eigenvalue weighted by atomic mass is 32.2. The lowest BCUT2D eigenvalue weighted by molar-refractivity contribution is 0.102. The molecule has 2 heterocycles. The van der Waals surface area contributed by atoms with Crippen LogP contribution in [0.25, 0.3) is 17.1 Å². The average molecular weight is 471 g/mol. The number of nitrogens with zero attached hydrogens (tertiary/aromatic N) is 4. The Hall–Kier alpha value is -3.25. The number of rotatable bonds is 10. The Kier molecular flexibility index (Phi) is 7.91. The maximum absolute atomic E-state index is 13.0. The molecular weight excluding hydrogens is 440 g/mol. The SMILES string of the molecule is CCCc1ccc(C(=O)CSc2nnc(-c3cccnc3)n2-c2c(CC)cccc2CC)cc1. The maximum atomic E-state index is 13.0. The van der Waals surface area contributed by atoms with Crippen LogP contribution >= 0.6 is 11.8 Å². The topological polar surface area (TPSA) is 60.7 Å². The number of pyridine rings is 1. The summed E-state index contributed by atoms with van der Waals surface area (Å²) < 4.78 is 2.11. The average Bonchev–Trinajstić information content (AvgIpc) is 3.31. The molecule has 5 nitrogen and oxygen atoms in total. The van der Waals surface area contributed by atoms with Gasteiger partial charge >= 0.3 is 0 Å². The van der Waals surface area contributed by atoms with Gasteiger partial charge < -0.3 is 0 Å². The smallest absolute Gasteiger partial charge is 0.196 e. The molecule has 0 bridgehead atoms. The van der Waals surface area contributed by atoms with Crippen LogP contribution in [0.1, 0.15) is 54.2 Å². The number of benzene rings is 2. The van der Waals surface area contributed by atoms with Crippen LogP contribution in [0.15, 0.2) is 72.1 Å². The second-order valence-electron chi connectivity index (χ2n) is 8.17. The molecule has 0 amide bonds. The van der Waals surface area contributed by atoms with E-state index < -0.39 is 0 Å². The van der Waals surface area contributed by atoms with Crippen LogP contribution in [-0.2, 0) is 19.3 Å². The standard InChI is InChI=1S/C28H30N4OS/c1-4-9-20-13-15-23(16-14-20)25(33)19-34-28-31-30-27(24-12-8-17-29-18-24)32(28)26-21(5-2)10-7-11-22(26)6-3/h7-8,10-18H,4-6,9,19H2,1-3H3. The first-order chi connectivity index (χ1) is 16.7. The van der Waals surface area contributed by atoms with Gasteiger partial charge in [0.05, 0.1) is 11.4 Å². The normalized spacial score (nSPS) is 11.0. The molecule has 34 heavy (non-hydrogen) atoms. The molecule has 4 rings (SSSR count). The van der Waals surface area contributed by atoms with Gasteiger partial charge in [-0.2, -0.15) is 0 Å². The summed E-state index contributed by atoms with van der Waals surface area (Å²) >= 11 is 1.43. The molecule has 0 unspecified atom stereocenters. The molecule has 174 valence electrons. The number of aromatic nitrogens is 4. The van der Waals surface area contributed by atoms with Crippen molar-refractivity contribution in [3.63, 3.8) is 0 Å². The van der Waals surface area contributed by atoms with Crippen molar-refractivity contribution < 1.29 is 4.79 Å². The van der Waals surface area contributed by atoms with Gasteiger partial charge in [-0.15, -0.1) is 10.2 Å². The number of aryl methyl sites for hydroxylation is 3. The Morgan fingerprint density at radius 3 is 2.26 bits per heavy atom. The van der Waals surface area contributed by atoms with Crippen molar-refractivity contribution in [2.45, 2.75) is 51.6 Å². The van der Waals surface area contributed by atoms with Gasteiger partial charge in [-0.1, -0.05) is 81.4 Å². The van der Waals surface area contributed by atoms with Crippen molar-refractivity contribution in [3.05, 3.63) is 89.2 Å². The van der Waals surface area contributed by atoms with E-state index in [1.54, 1.807) is 12.4 Å². The van der Waals surface area contributed by atoms with Gasteiger partial charge in [0.25, 0.3) is 0 Å². The van der Waals surface area contributed by atoms with E-state index in [9.17, 15) is 4.79 Å². The predicted octanol–water partition coefficient (Wildman–Crippen LogP) is 6.38. The lowest BCUT2D eigenvalue weighted by Gasteiger charge is -2.17. The number of Topliss-reactive ketones (excluding diaryl/α,β-unsaturated/α-hetero) is 1. The highest BCUT2D eigenvalue weighted by Crippen LogP contribution is 2.32. The van der Waals surface area contributed by atoms with E-state index in [-0.39, 0.29) is 5.78 Å². The number of hydrogen-bond acceptors (Lipinski definition) is 5. The molecule has 0 N–H and O–H groups in total. The minimum absolute atomic E-state index is 0.0880. The van der Waals surface area contributed by atoms with Crippen LogP contribution in [0.3, 0.4) is 0 Å². The van der Waals surface area contributed by atoms with Crippen LogP contribution in [0.2, 0.25) is 0 Å². The Labute approximate surface area is 205 Å². The number of carbonyl (C=O) groups excluding carboxylic acids is 1. The van der Waals surface area contributed by atoms with Crippen LogP contribution in [0.5, 0.6) is 0 Å². The first-order valence-corrected chi connectivity index (χ1v) is 12.9. The summed E-state index contributed by atoms with van der Waals surface area (Å²) in [5.74, 6) is 1.13. The molecular formula is C28H30N4OS. The fourth-order valence-corrected chi connectivity index (χ4v) is 4.94. The first kappa shape index (κ1) is 23.9. The number of carbonyl (C=O) groups is 1. The van der Waals surface area contributed by atoms with Crippen LogP contribution in [0, 0.1) is 0 Å². The third-order valence-electron chi connectivity index (χ3n) is 5.89. The molecule has 4 aromatic rings. The summed E-state index contributed by atoms with van der Waals surface area (Å²) in [6.45, 7) is 6.47. The van der Waals surface area contributed by atoms with E-state index in [0.717, 1.165) is 48.3 Å². The zero-order valence-corrected chi connectivity index (χ0v) is 20.8. The van der Waals surface area contributed by atoms with Crippen LogP contribution in [-0.4, -0.2) is 31.3 Å². The molecule has 2 aromatic heterocycles. The molecule has 0 aliphatic heterocycles. The Morgan fingerprint density at radius 1 is 0.912 bits per heavy atom. The molecule has 0 aliphatic rings. The van der Waals surface area contributed by atoms with E-state index in [1.807, 2.05) is 24.3 Å². The molecule has 0 spiro atoms. The summed E-state index contributed by atoms with van der Waals surface area (Å²) in [5.41, 5.74) is 6.45. The number of thioether (sulfide) groups is 1. The van der Waals surface area contributed by atoms with Crippen molar-refractivity contribution in [2.24, 2.45) is 0 Å². The van der Waals surface area contributed by atoms with Crippen molar-refractivity contribution >= 4 is 17.5 Å². The van der Waals surface area contributed by atoms with Crippen LogP contribution in [0.4, 0.5) is 0 Å². The van der Waals surface area contributed by atoms with Gasteiger partial charge in [0.15, 0.2) is 16.8 Å².